The molecule has 19 heavy (non-hydrogen) atoms. The second-order valence-corrected chi connectivity index (χ2v) is 5.12. The smallest absolute Gasteiger partial charge is 0.162 e. The molecule has 100 valence electrons. The second kappa shape index (κ2) is 6.83. The van der Waals surface area contributed by atoms with Crippen LogP contribution in [0.25, 0.3) is 0 Å². The Kier molecular flexibility index (Phi) is 5.11. The lowest BCUT2D eigenvalue weighted by atomic mass is 10.2. The van der Waals surface area contributed by atoms with Crippen molar-refractivity contribution in [2.45, 2.75) is 12.5 Å². The number of benzene rings is 2. The van der Waals surface area contributed by atoms with E-state index in [2.05, 4.69) is 15.9 Å². The summed E-state index contributed by atoms with van der Waals surface area (Å²) < 4.78 is 12.0. The standard InChI is InChI=1S/C15H14BrClO2/c1-18-14-8-13(16)12(9-17)7-15(14)19-10-11-5-3-2-4-6-11/h2-8H,9-10H2,1H3. The molecule has 0 heterocycles. The van der Waals surface area contributed by atoms with E-state index < -0.39 is 0 Å². The van der Waals surface area contributed by atoms with Crippen LogP contribution in [0.5, 0.6) is 11.5 Å². The van der Waals surface area contributed by atoms with Crippen LogP contribution in [-0.4, -0.2) is 7.11 Å². The molecule has 0 unspecified atom stereocenters. The Balaban J connectivity index is 2.19. The van der Waals surface area contributed by atoms with Gasteiger partial charge in [0.15, 0.2) is 11.5 Å². The minimum absolute atomic E-state index is 0.423. The predicted octanol–water partition coefficient (Wildman–Crippen LogP) is 4.78. The zero-order chi connectivity index (χ0) is 13.7. The van der Waals surface area contributed by atoms with Crippen molar-refractivity contribution in [1.82, 2.24) is 0 Å². The first-order valence-electron chi connectivity index (χ1n) is 5.83. The van der Waals surface area contributed by atoms with Crippen molar-refractivity contribution in [1.29, 1.82) is 0 Å². The van der Waals surface area contributed by atoms with Crippen molar-refractivity contribution in [3.63, 3.8) is 0 Å². The van der Waals surface area contributed by atoms with Crippen molar-refractivity contribution in [2.75, 3.05) is 7.11 Å². The summed E-state index contributed by atoms with van der Waals surface area (Å²) >= 11 is 9.35. The Morgan fingerprint density at radius 1 is 1.11 bits per heavy atom. The van der Waals surface area contributed by atoms with E-state index in [0.29, 0.717) is 24.0 Å². The van der Waals surface area contributed by atoms with E-state index in [4.69, 9.17) is 21.1 Å². The number of hydrogen-bond acceptors (Lipinski definition) is 2. The number of hydrogen-bond donors (Lipinski definition) is 0. The maximum Gasteiger partial charge on any atom is 0.162 e. The minimum Gasteiger partial charge on any atom is -0.493 e. The van der Waals surface area contributed by atoms with Gasteiger partial charge in [-0.15, -0.1) is 11.6 Å². The molecule has 0 radical (unpaired) electrons. The molecule has 0 aliphatic rings. The van der Waals surface area contributed by atoms with Gasteiger partial charge < -0.3 is 9.47 Å². The summed E-state index contributed by atoms with van der Waals surface area (Å²) in [6, 6.07) is 13.8. The lowest BCUT2D eigenvalue weighted by Crippen LogP contribution is -1.98. The first kappa shape index (κ1) is 14.2. The topological polar surface area (TPSA) is 18.5 Å². The Morgan fingerprint density at radius 3 is 2.47 bits per heavy atom. The van der Waals surface area contributed by atoms with Crippen LogP contribution in [0.1, 0.15) is 11.1 Å². The normalized spacial score (nSPS) is 10.3. The highest BCUT2D eigenvalue weighted by Crippen LogP contribution is 2.34. The summed E-state index contributed by atoms with van der Waals surface area (Å²) in [5, 5.41) is 0. The van der Waals surface area contributed by atoms with Crippen molar-refractivity contribution >= 4 is 27.5 Å². The molecule has 0 aromatic heterocycles. The van der Waals surface area contributed by atoms with Gasteiger partial charge in [-0.3, -0.25) is 0 Å². The third-order valence-corrected chi connectivity index (χ3v) is 3.74. The molecule has 2 rings (SSSR count). The van der Waals surface area contributed by atoms with Crippen LogP contribution in [0.3, 0.4) is 0 Å². The van der Waals surface area contributed by atoms with Crippen LogP contribution >= 0.6 is 27.5 Å². The molecular formula is C15H14BrClO2. The largest absolute Gasteiger partial charge is 0.493 e. The number of methoxy groups -OCH3 is 1. The molecule has 2 aromatic carbocycles. The fraction of sp³-hybridized carbons (Fsp3) is 0.200. The molecule has 2 aromatic rings. The van der Waals surface area contributed by atoms with Gasteiger partial charge in [-0.25, -0.2) is 0 Å². The van der Waals surface area contributed by atoms with Gasteiger partial charge in [0.2, 0.25) is 0 Å². The summed E-state index contributed by atoms with van der Waals surface area (Å²) in [6.07, 6.45) is 0. The first-order valence-corrected chi connectivity index (χ1v) is 7.16. The fourth-order valence-electron chi connectivity index (χ4n) is 1.69. The maximum atomic E-state index is 5.89. The number of ether oxygens (including phenoxy) is 2. The maximum absolute atomic E-state index is 5.89. The summed E-state index contributed by atoms with van der Waals surface area (Å²) in [5.41, 5.74) is 2.09. The lowest BCUT2D eigenvalue weighted by molar-refractivity contribution is 0.284. The van der Waals surface area contributed by atoms with Crippen LogP contribution in [0.2, 0.25) is 0 Å². The van der Waals surface area contributed by atoms with Crippen LogP contribution in [0.4, 0.5) is 0 Å². The van der Waals surface area contributed by atoms with E-state index in [1.54, 1.807) is 7.11 Å². The molecule has 0 N–H and O–H groups in total. The molecular weight excluding hydrogens is 328 g/mol. The van der Waals surface area contributed by atoms with E-state index in [9.17, 15) is 0 Å². The van der Waals surface area contributed by atoms with Crippen LogP contribution in [0, 0.1) is 0 Å². The highest BCUT2D eigenvalue weighted by Gasteiger charge is 2.10. The van der Waals surface area contributed by atoms with Gasteiger partial charge in [0.1, 0.15) is 6.61 Å². The van der Waals surface area contributed by atoms with E-state index in [0.717, 1.165) is 15.6 Å². The quantitative estimate of drug-likeness (QED) is 0.729. The van der Waals surface area contributed by atoms with Gasteiger partial charge >= 0.3 is 0 Å². The number of alkyl halides is 1. The van der Waals surface area contributed by atoms with E-state index in [1.807, 2.05) is 42.5 Å². The molecule has 0 amide bonds. The first-order chi connectivity index (χ1) is 9.24. The second-order valence-electron chi connectivity index (χ2n) is 4.00. The number of halogens is 2. The molecule has 0 saturated heterocycles. The van der Waals surface area contributed by atoms with E-state index in [-0.39, 0.29) is 0 Å². The SMILES string of the molecule is COc1cc(Br)c(CCl)cc1OCc1ccccc1. The van der Waals surface area contributed by atoms with Crippen LogP contribution in [0.15, 0.2) is 46.9 Å². The van der Waals surface area contributed by atoms with Gasteiger partial charge in [0.05, 0.1) is 7.11 Å². The van der Waals surface area contributed by atoms with Crippen LogP contribution in [-0.2, 0) is 12.5 Å². The summed E-state index contributed by atoms with van der Waals surface area (Å²) in [5.74, 6) is 1.81. The lowest BCUT2D eigenvalue weighted by Gasteiger charge is -2.13. The summed E-state index contributed by atoms with van der Waals surface area (Å²) in [4.78, 5) is 0. The molecule has 0 spiro atoms. The average molecular weight is 342 g/mol. The molecule has 0 saturated carbocycles. The molecule has 2 nitrogen and oxygen atoms in total. The van der Waals surface area contributed by atoms with Crippen molar-refractivity contribution in [3.8, 4) is 11.5 Å². The highest BCUT2D eigenvalue weighted by atomic mass is 79.9. The third-order valence-electron chi connectivity index (χ3n) is 2.71. The molecule has 0 bridgehead atoms. The third kappa shape index (κ3) is 3.64. The summed E-state index contributed by atoms with van der Waals surface area (Å²) in [6.45, 7) is 0.501. The fourth-order valence-corrected chi connectivity index (χ4v) is 2.53. The Bertz CT molecular complexity index is 543. The highest BCUT2D eigenvalue weighted by molar-refractivity contribution is 9.10. The van der Waals surface area contributed by atoms with E-state index >= 15 is 0 Å². The Morgan fingerprint density at radius 2 is 1.84 bits per heavy atom. The molecule has 0 atom stereocenters. The monoisotopic (exact) mass is 340 g/mol. The zero-order valence-corrected chi connectivity index (χ0v) is 12.9. The molecule has 0 fully saturated rings. The average Bonchev–Trinajstić information content (AvgIpc) is 2.46. The predicted molar refractivity (Wildman–Crippen MR) is 81.0 cm³/mol. The molecule has 0 aliphatic heterocycles. The Labute approximate surface area is 126 Å². The van der Waals surface area contributed by atoms with Gasteiger partial charge in [-0.05, 0) is 23.3 Å². The molecule has 4 heteroatoms. The molecule has 0 aliphatic carbocycles. The van der Waals surface area contributed by atoms with Crippen LogP contribution < -0.4 is 9.47 Å². The Hall–Kier alpha value is -1.19. The van der Waals surface area contributed by atoms with Gasteiger partial charge in [-0.1, -0.05) is 46.3 Å². The van der Waals surface area contributed by atoms with Gasteiger partial charge in [-0.2, -0.15) is 0 Å². The minimum atomic E-state index is 0.423. The van der Waals surface area contributed by atoms with Crippen molar-refractivity contribution in [3.05, 3.63) is 58.1 Å². The van der Waals surface area contributed by atoms with Gasteiger partial charge in [0, 0.05) is 10.4 Å². The van der Waals surface area contributed by atoms with E-state index in [1.165, 1.54) is 0 Å². The van der Waals surface area contributed by atoms with Crippen molar-refractivity contribution in [2.24, 2.45) is 0 Å². The zero-order valence-electron chi connectivity index (χ0n) is 10.5. The van der Waals surface area contributed by atoms with Gasteiger partial charge in [0.25, 0.3) is 0 Å². The summed E-state index contributed by atoms with van der Waals surface area (Å²) in [7, 11) is 1.62. The number of rotatable bonds is 5. The van der Waals surface area contributed by atoms with Crippen molar-refractivity contribution < 1.29 is 9.47 Å².